The lowest BCUT2D eigenvalue weighted by molar-refractivity contribution is -0.137. The molecule has 0 radical (unpaired) electrons. The van der Waals surface area contributed by atoms with Gasteiger partial charge in [-0.2, -0.15) is 13.2 Å². The first kappa shape index (κ1) is 19.8. The zero-order valence-electron chi connectivity index (χ0n) is 14.6. The molecule has 0 saturated carbocycles. The van der Waals surface area contributed by atoms with E-state index < -0.39 is 17.6 Å². The van der Waals surface area contributed by atoms with Gasteiger partial charge >= 0.3 is 6.18 Å². The van der Waals surface area contributed by atoms with E-state index in [-0.39, 0.29) is 11.5 Å². The lowest BCUT2D eigenvalue weighted by Gasteiger charge is -2.11. The number of carbonyl (C=O) groups excluding carboxylic acids is 1. The van der Waals surface area contributed by atoms with Crippen LogP contribution in [0.1, 0.15) is 31.5 Å². The Morgan fingerprint density at radius 2 is 1.86 bits per heavy atom. The minimum atomic E-state index is -4.47. The van der Waals surface area contributed by atoms with Gasteiger partial charge < -0.3 is 0 Å². The fraction of sp³-hybridized carbons (Fsp3) is 0.158. The lowest BCUT2D eigenvalue weighted by Crippen LogP contribution is -2.29. The van der Waals surface area contributed by atoms with Crippen LogP contribution in [-0.4, -0.2) is 10.9 Å². The van der Waals surface area contributed by atoms with Crippen molar-refractivity contribution >= 4 is 22.9 Å². The van der Waals surface area contributed by atoms with Crippen molar-refractivity contribution in [2.24, 2.45) is 0 Å². The Morgan fingerprint density at radius 1 is 1.14 bits per heavy atom. The zero-order valence-corrected chi connectivity index (χ0v) is 15.4. The third-order valence-corrected chi connectivity index (χ3v) is 4.98. The standard InChI is InChI=1S/C19H15F4N3OS/c1-11-17(28-16(24-11)9-12-5-7-14(20)8-6-12)18(27)26-25-15-4-2-3-13(10-15)19(21,22)23/h2-8,10,25H,9H2,1H3,(H,26,27). The highest BCUT2D eigenvalue weighted by molar-refractivity contribution is 7.13. The fourth-order valence-corrected chi connectivity index (χ4v) is 3.47. The summed E-state index contributed by atoms with van der Waals surface area (Å²) in [4.78, 5) is 17.0. The quantitative estimate of drug-likeness (QED) is 0.463. The molecule has 0 bridgehead atoms. The number of nitrogens with zero attached hydrogens (tertiary/aromatic N) is 1. The van der Waals surface area contributed by atoms with Gasteiger partial charge in [-0.3, -0.25) is 15.6 Å². The number of benzene rings is 2. The van der Waals surface area contributed by atoms with Crippen LogP contribution in [0.5, 0.6) is 0 Å². The van der Waals surface area contributed by atoms with Crippen LogP contribution in [0, 0.1) is 12.7 Å². The summed E-state index contributed by atoms with van der Waals surface area (Å²) in [7, 11) is 0. The molecule has 0 aliphatic rings. The first-order valence-corrected chi connectivity index (χ1v) is 8.98. The first-order chi connectivity index (χ1) is 13.2. The Labute approximate surface area is 162 Å². The Hall–Kier alpha value is -2.94. The normalized spacial score (nSPS) is 11.3. The molecule has 0 unspecified atom stereocenters. The third kappa shape index (κ3) is 4.86. The number of nitrogens with one attached hydrogen (secondary N) is 2. The number of amides is 1. The number of aryl methyl sites for hydroxylation is 1. The van der Waals surface area contributed by atoms with E-state index in [1.54, 1.807) is 19.1 Å². The average Bonchev–Trinajstić information content (AvgIpc) is 3.01. The number of carbonyl (C=O) groups is 1. The van der Waals surface area contributed by atoms with Crippen molar-refractivity contribution in [3.63, 3.8) is 0 Å². The molecule has 3 aromatic rings. The van der Waals surface area contributed by atoms with Gasteiger partial charge in [0.25, 0.3) is 5.91 Å². The number of hydrogen-bond donors (Lipinski definition) is 2. The second-order valence-corrected chi connectivity index (χ2v) is 7.07. The van der Waals surface area contributed by atoms with Crippen molar-refractivity contribution in [1.29, 1.82) is 0 Å². The third-order valence-electron chi connectivity index (χ3n) is 3.83. The van der Waals surface area contributed by atoms with E-state index in [0.29, 0.717) is 22.0 Å². The van der Waals surface area contributed by atoms with E-state index in [2.05, 4.69) is 15.8 Å². The molecule has 9 heteroatoms. The summed E-state index contributed by atoms with van der Waals surface area (Å²) >= 11 is 1.17. The lowest BCUT2D eigenvalue weighted by atomic mass is 10.1. The van der Waals surface area contributed by atoms with Crippen LogP contribution in [0.15, 0.2) is 48.5 Å². The van der Waals surface area contributed by atoms with Crippen molar-refractivity contribution in [2.75, 3.05) is 5.43 Å². The van der Waals surface area contributed by atoms with E-state index >= 15 is 0 Å². The Balaban J connectivity index is 1.66. The summed E-state index contributed by atoms with van der Waals surface area (Å²) in [6.45, 7) is 1.67. The monoisotopic (exact) mass is 409 g/mol. The molecule has 3 rings (SSSR count). The number of thiazole rings is 1. The zero-order chi connectivity index (χ0) is 20.3. The van der Waals surface area contributed by atoms with Crippen LogP contribution in [-0.2, 0) is 12.6 Å². The van der Waals surface area contributed by atoms with Gasteiger partial charge in [-0.05, 0) is 42.8 Å². The van der Waals surface area contributed by atoms with Crippen molar-refractivity contribution in [1.82, 2.24) is 10.4 Å². The summed E-state index contributed by atoms with van der Waals surface area (Å²) in [5.41, 5.74) is 5.52. The van der Waals surface area contributed by atoms with Crippen LogP contribution in [0.3, 0.4) is 0 Å². The number of hydrazine groups is 1. The summed E-state index contributed by atoms with van der Waals surface area (Å²) in [6.07, 6.45) is -4.02. The van der Waals surface area contributed by atoms with Gasteiger partial charge in [-0.1, -0.05) is 18.2 Å². The van der Waals surface area contributed by atoms with Gasteiger partial charge in [0.2, 0.25) is 0 Å². The Bertz CT molecular complexity index is 984. The highest BCUT2D eigenvalue weighted by atomic mass is 32.1. The topological polar surface area (TPSA) is 54.0 Å². The minimum absolute atomic E-state index is 0.108. The van der Waals surface area contributed by atoms with Crippen LogP contribution in [0.4, 0.5) is 23.2 Å². The van der Waals surface area contributed by atoms with Crippen LogP contribution < -0.4 is 10.9 Å². The fourth-order valence-electron chi connectivity index (χ4n) is 2.47. The molecule has 1 heterocycles. The molecule has 0 spiro atoms. The predicted molar refractivity (Wildman–Crippen MR) is 98.6 cm³/mol. The Kier molecular flexibility index (Phi) is 5.64. The molecule has 2 N–H and O–H groups in total. The average molecular weight is 409 g/mol. The van der Waals surface area contributed by atoms with Crippen LogP contribution >= 0.6 is 11.3 Å². The van der Waals surface area contributed by atoms with Gasteiger partial charge in [-0.15, -0.1) is 11.3 Å². The second-order valence-electron chi connectivity index (χ2n) is 5.98. The molecule has 0 aliphatic heterocycles. The number of halogens is 4. The number of rotatable bonds is 5. The maximum absolute atomic E-state index is 13.0. The van der Waals surface area contributed by atoms with Crippen molar-refractivity contribution in [3.05, 3.63) is 81.1 Å². The number of hydrogen-bond acceptors (Lipinski definition) is 4. The molecule has 4 nitrogen and oxygen atoms in total. The minimum Gasteiger partial charge on any atom is -0.298 e. The van der Waals surface area contributed by atoms with Crippen molar-refractivity contribution < 1.29 is 22.4 Å². The maximum atomic E-state index is 13.0. The molecule has 2 aromatic carbocycles. The first-order valence-electron chi connectivity index (χ1n) is 8.17. The molecule has 0 saturated heterocycles. The van der Waals surface area contributed by atoms with E-state index in [4.69, 9.17) is 0 Å². The van der Waals surface area contributed by atoms with Crippen molar-refractivity contribution in [2.45, 2.75) is 19.5 Å². The van der Waals surface area contributed by atoms with Crippen molar-refractivity contribution in [3.8, 4) is 0 Å². The van der Waals surface area contributed by atoms with Gasteiger partial charge in [0.1, 0.15) is 10.7 Å². The van der Waals surface area contributed by atoms with Gasteiger partial charge in [-0.25, -0.2) is 9.37 Å². The molecule has 1 amide bonds. The molecule has 0 aliphatic carbocycles. The highest BCUT2D eigenvalue weighted by Gasteiger charge is 2.30. The summed E-state index contributed by atoms with van der Waals surface area (Å²) < 4.78 is 51.2. The van der Waals surface area contributed by atoms with Gasteiger partial charge in [0, 0.05) is 6.42 Å². The number of aromatic nitrogens is 1. The molecular weight excluding hydrogens is 394 g/mol. The maximum Gasteiger partial charge on any atom is 0.416 e. The summed E-state index contributed by atoms with van der Waals surface area (Å²) in [5, 5.41) is 0.674. The summed E-state index contributed by atoms with van der Waals surface area (Å²) in [5.74, 6) is -0.836. The largest absolute Gasteiger partial charge is 0.416 e. The van der Waals surface area contributed by atoms with Crippen LogP contribution in [0.2, 0.25) is 0 Å². The second kappa shape index (κ2) is 7.97. The number of alkyl halides is 3. The summed E-state index contributed by atoms with van der Waals surface area (Å²) in [6, 6.07) is 10.5. The SMILES string of the molecule is Cc1nc(Cc2ccc(F)cc2)sc1C(=O)NNc1cccc(C(F)(F)F)c1. The van der Waals surface area contributed by atoms with E-state index in [1.807, 2.05) is 0 Å². The molecular formula is C19H15F4N3OS. The Morgan fingerprint density at radius 3 is 2.54 bits per heavy atom. The molecule has 28 heavy (non-hydrogen) atoms. The van der Waals surface area contributed by atoms with Crippen LogP contribution in [0.25, 0.3) is 0 Å². The predicted octanol–water partition coefficient (Wildman–Crippen LogP) is 4.96. The van der Waals surface area contributed by atoms with Gasteiger partial charge in [0.15, 0.2) is 0 Å². The van der Waals surface area contributed by atoms with E-state index in [9.17, 15) is 22.4 Å². The molecule has 0 atom stereocenters. The van der Waals surface area contributed by atoms with E-state index in [1.165, 1.54) is 35.6 Å². The molecule has 146 valence electrons. The van der Waals surface area contributed by atoms with Gasteiger partial charge in [0.05, 0.1) is 22.0 Å². The van der Waals surface area contributed by atoms with E-state index in [0.717, 1.165) is 17.7 Å². The smallest absolute Gasteiger partial charge is 0.298 e. The highest BCUT2D eigenvalue weighted by Crippen LogP contribution is 2.30. The number of anilines is 1. The molecule has 0 fully saturated rings. The molecule has 1 aromatic heterocycles.